The van der Waals surface area contributed by atoms with Crippen LogP contribution in [0.25, 0.3) is 0 Å². The van der Waals surface area contributed by atoms with Crippen molar-refractivity contribution >= 4 is 5.91 Å². The number of carbonyl (C=O) groups excluding carboxylic acids is 1. The molecule has 1 aromatic heterocycles. The summed E-state index contributed by atoms with van der Waals surface area (Å²) in [5, 5.41) is 6.88. The van der Waals surface area contributed by atoms with Crippen molar-refractivity contribution in [1.82, 2.24) is 10.5 Å². The minimum atomic E-state index is -0.190. The van der Waals surface area contributed by atoms with E-state index in [1.165, 1.54) is 0 Å². The summed E-state index contributed by atoms with van der Waals surface area (Å²) in [6.45, 7) is 4.47. The van der Waals surface area contributed by atoms with Crippen molar-refractivity contribution < 1.29 is 23.5 Å². The summed E-state index contributed by atoms with van der Waals surface area (Å²) in [6, 6.07) is 12.9. The lowest BCUT2D eigenvalue weighted by Crippen LogP contribution is -2.26. The van der Waals surface area contributed by atoms with E-state index >= 15 is 0 Å². The molecule has 30 heavy (non-hydrogen) atoms. The van der Waals surface area contributed by atoms with Crippen molar-refractivity contribution in [3.63, 3.8) is 0 Å². The lowest BCUT2D eigenvalue weighted by atomic mass is 10.1. The fraction of sp³-hybridized carbons (Fsp3) is 0.304. The molecule has 7 heteroatoms. The van der Waals surface area contributed by atoms with Crippen LogP contribution in [0.15, 0.2) is 47.0 Å². The molecule has 0 bridgehead atoms. The predicted molar refractivity (Wildman–Crippen MR) is 112 cm³/mol. The van der Waals surface area contributed by atoms with E-state index in [0.29, 0.717) is 41.5 Å². The Morgan fingerprint density at radius 1 is 1.03 bits per heavy atom. The molecule has 3 aromatic rings. The van der Waals surface area contributed by atoms with Crippen LogP contribution in [0.3, 0.4) is 0 Å². The molecule has 158 valence electrons. The van der Waals surface area contributed by atoms with Gasteiger partial charge in [-0.05, 0) is 50.1 Å². The van der Waals surface area contributed by atoms with E-state index in [4.69, 9.17) is 18.7 Å². The van der Waals surface area contributed by atoms with E-state index in [1.54, 1.807) is 26.4 Å². The zero-order valence-electron chi connectivity index (χ0n) is 17.7. The number of para-hydroxylation sites is 1. The highest BCUT2D eigenvalue weighted by Gasteiger charge is 2.15. The quantitative estimate of drug-likeness (QED) is 0.577. The predicted octanol–water partition coefficient (Wildman–Crippen LogP) is 3.86. The Labute approximate surface area is 175 Å². The number of nitrogens with zero attached hydrogens (tertiary/aromatic N) is 1. The first-order valence-electron chi connectivity index (χ1n) is 9.66. The van der Waals surface area contributed by atoms with E-state index in [9.17, 15) is 4.79 Å². The molecule has 0 aliphatic rings. The van der Waals surface area contributed by atoms with Gasteiger partial charge in [0.25, 0.3) is 5.91 Å². The Morgan fingerprint density at radius 3 is 2.50 bits per heavy atom. The van der Waals surface area contributed by atoms with Gasteiger partial charge < -0.3 is 24.1 Å². The Morgan fingerprint density at radius 2 is 1.80 bits per heavy atom. The van der Waals surface area contributed by atoms with Crippen molar-refractivity contribution in [2.24, 2.45) is 0 Å². The molecule has 0 atom stereocenters. The van der Waals surface area contributed by atoms with Gasteiger partial charge >= 0.3 is 0 Å². The number of carbonyl (C=O) groups is 1. The van der Waals surface area contributed by atoms with E-state index in [1.807, 2.05) is 44.2 Å². The van der Waals surface area contributed by atoms with Crippen LogP contribution in [-0.2, 0) is 13.0 Å². The van der Waals surface area contributed by atoms with Crippen LogP contribution in [-0.4, -0.2) is 31.8 Å². The highest BCUT2D eigenvalue weighted by Crippen LogP contribution is 2.27. The van der Waals surface area contributed by atoms with Gasteiger partial charge in [0, 0.05) is 6.54 Å². The molecule has 0 saturated carbocycles. The molecule has 3 rings (SSSR count). The Hall–Kier alpha value is -3.48. The van der Waals surface area contributed by atoms with Gasteiger partial charge in [0.05, 0.1) is 31.0 Å². The molecule has 0 fully saturated rings. The Balaban J connectivity index is 1.61. The summed E-state index contributed by atoms with van der Waals surface area (Å²) in [5.74, 6) is 2.38. The van der Waals surface area contributed by atoms with Crippen LogP contribution in [0.2, 0.25) is 0 Å². The van der Waals surface area contributed by atoms with Crippen LogP contribution in [0, 0.1) is 13.8 Å². The molecule has 0 spiro atoms. The number of ether oxygens (including phenoxy) is 3. The van der Waals surface area contributed by atoms with E-state index in [0.717, 1.165) is 16.8 Å². The molecule has 1 amide bonds. The first-order valence-corrected chi connectivity index (χ1v) is 9.66. The monoisotopic (exact) mass is 410 g/mol. The highest BCUT2D eigenvalue weighted by atomic mass is 16.5. The van der Waals surface area contributed by atoms with Gasteiger partial charge in [-0.1, -0.05) is 23.4 Å². The number of rotatable bonds is 9. The number of hydrogen-bond acceptors (Lipinski definition) is 6. The molecule has 0 radical (unpaired) electrons. The van der Waals surface area contributed by atoms with E-state index < -0.39 is 0 Å². The Kier molecular flexibility index (Phi) is 6.95. The summed E-state index contributed by atoms with van der Waals surface area (Å²) in [5.41, 5.74) is 3.19. The Bertz CT molecular complexity index is 993. The highest BCUT2D eigenvalue weighted by molar-refractivity contribution is 5.96. The molecule has 0 unspecified atom stereocenters. The van der Waals surface area contributed by atoms with Crippen LogP contribution in [0.4, 0.5) is 0 Å². The summed E-state index contributed by atoms with van der Waals surface area (Å²) < 4.78 is 21.6. The third-order valence-electron chi connectivity index (χ3n) is 4.83. The number of benzene rings is 2. The molecular formula is C23H26N2O5. The second-order valence-electron chi connectivity index (χ2n) is 6.78. The average molecular weight is 410 g/mol. The number of aromatic nitrogens is 1. The SMILES string of the molecule is COc1ccc(CCNC(=O)c2ccccc2OCc2c(C)noc2C)cc1OC. The second-order valence-corrected chi connectivity index (χ2v) is 6.78. The van der Waals surface area contributed by atoms with E-state index in [2.05, 4.69) is 10.5 Å². The van der Waals surface area contributed by atoms with Crippen LogP contribution in [0.5, 0.6) is 17.2 Å². The molecule has 0 aliphatic heterocycles. The minimum absolute atomic E-state index is 0.190. The molecule has 2 aromatic carbocycles. The summed E-state index contributed by atoms with van der Waals surface area (Å²) in [7, 11) is 3.20. The fourth-order valence-electron chi connectivity index (χ4n) is 3.09. The molecule has 0 saturated heterocycles. The van der Waals surface area contributed by atoms with Gasteiger partial charge in [-0.2, -0.15) is 0 Å². The standard InChI is InChI=1S/C23H26N2O5/c1-15-19(16(2)30-25-15)14-29-20-8-6-5-7-18(20)23(26)24-12-11-17-9-10-21(27-3)22(13-17)28-4/h5-10,13H,11-12,14H2,1-4H3,(H,24,26). The van der Waals surface area contributed by atoms with Crippen LogP contribution < -0.4 is 19.5 Å². The lowest BCUT2D eigenvalue weighted by Gasteiger charge is -2.12. The maximum atomic E-state index is 12.7. The van der Waals surface area contributed by atoms with Crippen LogP contribution >= 0.6 is 0 Å². The lowest BCUT2D eigenvalue weighted by molar-refractivity contribution is 0.0949. The number of methoxy groups -OCH3 is 2. The van der Waals surface area contributed by atoms with Gasteiger partial charge in [0.2, 0.25) is 0 Å². The van der Waals surface area contributed by atoms with Gasteiger partial charge in [0.1, 0.15) is 18.1 Å². The topological polar surface area (TPSA) is 82.8 Å². The van der Waals surface area contributed by atoms with Crippen molar-refractivity contribution in [1.29, 1.82) is 0 Å². The fourth-order valence-corrected chi connectivity index (χ4v) is 3.09. The van der Waals surface area contributed by atoms with Gasteiger partial charge in [-0.25, -0.2) is 0 Å². The second kappa shape index (κ2) is 9.82. The third-order valence-corrected chi connectivity index (χ3v) is 4.83. The third kappa shape index (κ3) is 4.92. The summed E-state index contributed by atoms with van der Waals surface area (Å²) in [4.78, 5) is 12.7. The zero-order valence-corrected chi connectivity index (χ0v) is 17.7. The molecule has 7 nitrogen and oxygen atoms in total. The maximum absolute atomic E-state index is 12.7. The number of amides is 1. The van der Waals surface area contributed by atoms with Crippen molar-refractivity contribution in [2.75, 3.05) is 20.8 Å². The van der Waals surface area contributed by atoms with Gasteiger partial charge in [0.15, 0.2) is 11.5 Å². The van der Waals surface area contributed by atoms with Crippen LogP contribution in [0.1, 0.15) is 32.9 Å². The van der Waals surface area contributed by atoms with Crippen molar-refractivity contribution in [3.8, 4) is 17.2 Å². The van der Waals surface area contributed by atoms with E-state index in [-0.39, 0.29) is 12.5 Å². The summed E-state index contributed by atoms with van der Waals surface area (Å²) in [6.07, 6.45) is 0.661. The maximum Gasteiger partial charge on any atom is 0.255 e. The first kappa shape index (κ1) is 21.2. The number of nitrogens with one attached hydrogen (secondary N) is 1. The summed E-state index contributed by atoms with van der Waals surface area (Å²) >= 11 is 0. The smallest absolute Gasteiger partial charge is 0.255 e. The number of hydrogen-bond donors (Lipinski definition) is 1. The van der Waals surface area contributed by atoms with Crippen molar-refractivity contribution in [2.45, 2.75) is 26.9 Å². The van der Waals surface area contributed by atoms with Gasteiger partial charge in [-0.15, -0.1) is 0 Å². The first-order chi connectivity index (χ1) is 14.5. The molecule has 1 N–H and O–H groups in total. The molecule has 0 aliphatic carbocycles. The molecular weight excluding hydrogens is 384 g/mol. The normalized spacial score (nSPS) is 10.5. The molecule has 1 heterocycles. The largest absolute Gasteiger partial charge is 0.493 e. The number of aryl methyl sites for hydroxylation is 2. The van der Waals surface area contributed by atoms with Gasteiger partial charge in [-0.3, -0.25) is 4.79 Å². The average Bonchev–Trinajstić information content (AvgIpc) is 3.09. The minimum Gasteiger partial charge on any atom is -0.493 e. The van der Waals surface area contributed by atoms with Crippen molar-refractivity contribution in [3.05, 3.63) is 70.6 Å². The zero-order chi connectivity index (χ0) is 21.5.